The Morgan fingerprint density at radius 2 is 1.17 bits per heavy atom. The first-order valence-electron chi connectivity index (χ1n) is 10.1. The maximum atomic E-state index is 9.57. The molecule has 0 radical (unpaired) electrons. The van der Waals surface area contributed by atoms with Crippen molar-refractivity contribution in [1.82, 2.24) is 9.78 Å². The summed E-state index contributed by atoms with van der Waals surface area (Å²) >= 11 is 0. The van der Waals surface area contributed by atoms with Crippen molar-refractivity contribution in [2.75, 3.05) is 0 Å². The minimum absolute atomic E-state index is 0.0162. The van der Waals surface area contributed by atoms with E-state index >= 15 is 0 Å². The van der Waals surface area contributed by atoms with Crippen LogP contribution in [0.3, 0.4) is 0 Å². The lowest BCUT2D eigenvalue weighted by atomic mass is 9.77. The Kier molecular flexibility index (Phi) is 4.66. The van der Waals surface area contributed by atoms with Crippen LogP contribution in [0.15, 0.2) is 115 Å². The van der Waals surface area contributed by atoms with Crippen molar-refractivity contribution in [1.29, 1.82) is 0 Å². The van der Waals surface area contributed by atoms with E-state index in [1.165, 1.54) is 0 Å². The Hall–Kier alpha value is -3.69. The fourth-order valence-electron chi connectivity index (χ4n) is 4.35. The molecule has 0 amide bonds. The summed E-state index contributed by atoms with van der Waals surface area (Å²) < 4.78 is 2.11. The number of fused-ring (bicyclic) bond motifs is 1. The summed E-state index contributed by atoms with van der Waals surface area (Å²) in [5.41, 5.74) is 4.68. The van der Waals surface area contributed by atoms with E-state index in [0.717, 1.165) is 33.2 Å². The van der Waals surface area contributed by atoms with E-state index in [4.69, 9.17) is 5.10 Å². The molecule has 0 spiro atoms. The molecule has 5 rings (SSSR count). The summed E-state index contributed by atoms with van der Waals surface area (Å²) in [6, 6.07) is 37.6. The van der Waals surface area contributed by atoms with E-state index < -0.39 is 5.54 Å². The zero-order chi connectivity index (χ0) is 20.4. The van der Waals surface area contributed by atoms with Gasteiger partial charge in [-0.2, -0.15) is 5.10 Å². The van der Waals surface area contributed by atoms with Crippen molar-refractivity contribution in [3.63, 3.8) is 0 Å². The van der Waals surface area contributed by atoms with E-state index in [-0.39, 0.29) is 6.61 Å². The third-order valence-electron chi connectivity index (χ3n) is 5.71. The van der Waals surface area contributed by atoms with Gasteiger partial charge in [-0.05, 0) is 34.4 Å². The van der Waals surface area contributed by atoms with E-state index in [0.29, 0.717) is 0 Å². The van der Waals surface area contributed by atoms with Gasteiger partial charge in [0.25, 0.3) is 0 Å². The summed E-state index contributed by atoms with van der Waals surface area (Å²) in [4.78, 5) is 0. The predicted octanol–water partition coefficient (Wildman–Crippen LogP) is 5.37. The molecular weight excluding hydrogens is 368 g/mol. The lowest BCUT2D eigenvalue weighted by molar-refractivity contribution is 0.282. The van der Waals surface area contributed by atoms with Crippen molar-refractivity contribution >= 4 is 10.9 Å². The summed E-state index contributed by atoms with van der Waals surface area (Å²) in [7, 11) is 0. The third-order valence-corrected chi connectivity index (χ3v) is 5.71. The van der Waals surface area contributed by atoms with E-state index in [9.17, 15) is 5.11 Å². The van der Waals surface area contributed by atoms with Gasteiger partial charge in [0, 0.05) is 5.39 Å². The van der Waals surface area contributed by atoms with Gasteiger partial charge < -0.3 is 5.11 Å². The van der Waals surface area contributed by atoms with E-state index in [2.05, 4.69) is 83.5 Å². The molecule has 0 aliphatic rings. The van der Waals surface area contributed by atoms with Crippen molar-refractivity contribution in [2.45, 2.75) is 12.1 Å². The van der Waals surface area contributed by atoms with Gasteiger partial charge in [-0.25, -0.2) is 4.68 Å². The minimum atomic E-state index is -0.633. The second kappa shape index (κ2) is 7.62. The highest BCUT2D eigenvalue weighted by Crippen LogP contribution is 2.42. The highest BCUT2D eigenvalue weighted by atomic mass is 16.3. The quantitative estimate of drug-likeness (QED) is 0.410. The zero-order valence-electron chi connectivity index (χ0n) is 16.5. The molecule has 4 aromatic carbocycles. The van der Waals surface area contributed by atoms with Crippen LogP contribution in [0, 0.1) is 0 Å². The van der Waals surface area contributed by atoms with Gasteiger partial charge in [0.05, 0.1) is 18.3 Å². The van der Waals surface area contributed by atoms with Gasteiger partial charge in [0.1, 0.15) is 5.54 Å². The maximum absolute atomic E-state index is 9.57. The van der Waals surface area contributed by atoms with Crippen LogP contribution in [0.25, 0.3) is 10.9 Å². The number of hydrogen-bond acceptors (Lipinski definition) is 2. The number of aromatic nitrogens is 2. The highest BCUT2D eigenvalue weighted by molar-refractivity contribution is 5.80. The van der Waals surface area contributed by atoms with Gasteiger partial charge >= 0.3 is 0 Å². The smallest absolute Gasteiger partial charge is 0.138 e. The van der Waals surface area contributed by atoms with Crippen LogP contribution in [-0.2, 0) is 12.1 Å². The first-order valence-corrected chi connectivity index (χ1v) is 10.1. The lowest BCUT2D eigenvalue weighted by Crippen LogP contribution is -2.38. The first kappa shape index (κ1) is 18.3. The number of hydrogen-bond donors (Lipinski definition) is 1. The Labute approximate surface area is 175 Å². The van der Waals surface area contributed by atoms with Crippen molar-refractivity contribution < 1.29 is 5.11 Å². The Balaban J connectivity index is 1.92. The maximum Gasteiger partial charge on any atom is 0.138 e. The Morgan fingerprint density at radius 1 is 0.667 bits per heavy atom. The lowest BCUT2D eigenvalue weighted by Gasteiger charge is -2.37. The summed E-state index contributed by atoms with van der Waals surface area (Å²) in [5.74, 6) is 0. The second-order valence-corrected chi connectivity index (χ2v) is 7.42. The zero-order valence-corrected chi connectivity index (χ0v) is 16.5. The molecule has 0 aliphatic carbocycles. The number of nitrogens with zero attached hydrogens (tertiary/aromatic N) is 2. The van der Waals surface area contributed by atoms with E-state index in [1.54, 1.807) is 0 Å². The monoisotopic (exact) mass is 390 g/mol. The Morgan fingerprint density at radius 3 is 1.63 bits per heavy atom. The van der Waals surface area contributed by atoms with Crippen molar-refractivity contribution in [3.8, 4) is 0 Å². The molecule has 5 aromatic rings. The van der Waals surface area contributed by atoms with Gasteiger partial charge in [0.2, 0.25) is 0 Å². The highest BCUT2D eigenvalue weighted by Gasteiger charge is 2.40. The molecule has 1 heterocycles. The Bertz CT molecular complexity index is 1170. The molecule has 1 aromatic heterocycles. The fraction of sp³-hybridized carbons (Fsp3) is 0.0741. The molecule has 0 bridgehead atoms. The second-order valence-electron chi connectivity index (χ2n) is 7.42. The average Bonchev–Trinajstić information content (AvgIpc) is 3.25. The standard InChI is InChI=1S/C27H22N2O/c30-20-21-16-17-26-22(18-21)19-28-29(26)27(23-10-4-1-5-11-23,24-12-6-2-7-13-24)25-14-8-3-9-15-25/h1-19,30H,20H2. The van der Waals surface area contributed by atoms with Crippen molar-refractivity contribution in [3.05, 3.63) is 138 Å². The summed E-state index contributed by atoms with van der Waals surface area (Å²) in [6.45, 7) is 0.0162. The van der Waals surface area contributed by atoms with Gasteiger partial charge in [-0.15, -0.1) is 0 Å². The molecule has 0 fully saturated rings. The van der Waals surface area contributed by atoms with Crippen LogP contribution in [0.2, 0.25) is 0 Å². The van der Waals surface area contributed by atoms with Crippen LogP contribution >= 0.6 is 0 Å². The molecule has 0 saturated carbocycles. The topological polar surface area (TPSA) is 38.1 Å². The van der Waals surface area contributed by atoms with Gasteiger partial charge in [-0.3, -0.25) is 0 Å². The largest absolute Gasteiger partial charge is 0.392 e. The summed E-state index contributed by atoms with van der Waals surface area (Å²) in [6.07, 6.45) is 1.89. The number of aliphatic hydroxyl groups excluding tert-OH is 1. The van der Waals surface area contributed by atoms with Crippen LogP contribution in [0.4, 0.5) is 0 Å². The van der Waals surface area contributed by atoms with E-state index in [1.807, 2.05) is 36.5 Å². The molecule has 146 valence electrons. The molecule has 3 nitrogen and oxygen atoms in total. The molecular formula is C27H22N2O. The van der Waals surface area contributed by atoms with Crippen LogP contribution in [0.1, 0.15) is 22.3 Å². The minimum Gasteiger partial charge on any atom is -0.392 e. The number of aliphatic hydroxyl groups is 1. The molecule has 0 aliphatic heterocycles. The molecule has 1 N–H and O–H groups in total. The molecule has 0 unspecified atom stereocenters. The summed E-state index contributed by atoms with van der Waals surface area (Å²) in [5, 5.41) is 15.5. The molecule has 0 saturated heterocycles. The van der Waals surface area contributed by atoms with Gasteiger partial charge in [-0.1, -0.05) is 97.1 Å². The molecule has 0 atom stereocenters. The average molecular weight is 390 g/mol. The van der Waals surface area contributed by atoms with Crippen molar-refractivity contribution in [2.24, 2.45) is 0 Å². The first-order chi connectivity index (χ1) is 14.8. The fourth-order valence-corrected chi connectivity index (χ4v) is 4.35. The van der Waals surface area contributed by atoms with Crippen LogP contribution in [0.5, 0.6) is 0 Å². The normalized spacial score (nSPS) is 11.6. The van der Waals surface area contributed by atoms with Crippen LogP contribution < -0.4 is 0 Å². The SMILES string of the molecule is OCc1ccc2c(cnn2C(c2ccccc2)(c2ccccc2)c2ccccc2)c1. The van der Waals surface area contributed by atoms with Crippen LogP contribution in [-0.4, -0.2) is 14.9 Å². The number of rotatable bonds is 5. The molecule has 30 heavy (non-hydrogen) atoms. The van der Waals surface area contributed by atoms with Gasteiger partial charge in [0.15, 0.2) is 0 Å². The number of benzene rings is 4. The third kappa shape index (κ3) is 2.83. The predicted molar refractivity (Wildman–Crippen MR) is 120 cm³/mol. The molecule has 3 heteroatoms.